The lowest BCUT2D eigenvalue weighted by molar-refractivity contribution is 0.407. The molecule has 4 heterocycles. The van der Waals surface area contributed by atoms with E-state index in [0.717, 1.165) is 59.6 Å². The van der Waals surface area contributed by atoms with Gasteiger partial charge in [-0.3, -0.25) is 4.40 Å². The van der Waals surface area contributed by atoms with Crippen molar-refractivity contribution in [3.8, 4) is 0 Å². The molecule has 0 radical (unpaired) electrons. The minimum Gasteiger partial charge on any atom is -0.440 e. The van der Waals surface area contributed by atoms with Gasteiger partial charge in [0, 0.05) is 24.4 Å². The number of benzene rings is 2. The number of hydrogen-bond donors (Lipinski definition) is 0. The Morgan fingerprint density at radius 3 is 2.80 bits per heavy atom. The minimum atomic E-state index is -0.283. The topological polar surface area (TPSA) is 72.4 Å². The third-order valence-electron chi connectivity index (χ3n) is 5.90. The summed E-state index contributed by atoms with van der Waals surface area (Å²) in [5.41, 5.74) is 3.76. The third kappa shape index (κ3) is 2.71. The molecule has 1 aliphatic rings. The van der Waals surface area contributed by atoms with Gasteiger partial charge in [0.25, 0.3) is 5.78 Å². The number of oxazole rings is 1. The van der Waals surface area contributed by atoms with Gasteiger partial charge in [0.1, 0.15) is 23.5 Å². The Morgan fingerprint density at radius 1 is 1.07 bits per heavy atom. The van der Waals surface area contributed by atoms with Crippen LogP contribution in [0.1, 0.15) is 30.2 Å². The molecule has 0 aliphatic carbocycles. The molecule has 3 aromatic heterocycles. The zero-order valence-corrected chi connectivity index (χ0v) is 16.4. The van der Waals surface area contributed by atoms with Crippen LogP contribution in [0.25, 0.3) is 27.8 Å². The van der Waals surface area contributed by atoms with Crippen LogP contribution in [0.4, 0.5) is 10.2 Å². The summed E-state index contributed by atoms with van der Waals surface area (Å²) >= 11 is 0. The van der Waals surface area contributed by atoms with E-state index in [9.17, 15) is 4.39 Å². The molecule has 0 atom stereocenters. The monoisotopic (exact) mass is 402 g/mol. The van der Waals surface area contributed by atoms with Gasteiger partial charge in [-0.15, -0.1) is 10.2 Å². The summed E-state index contributed by atoms with van der Waals surface area (Å²) < 4.78 is 21.8. The predicted octanol–water partition coefficient (Wildman–Crippen LogP) is 4.25. The third-order valence-corrected chi connectivity index (χ3v) is 5.90. The Morgan fingerprint density at radius 2 is 1.93 bits per heavy atom. The Bertz CT molecular complexity index is 1400. The molecule has 0 spiro atoms. The van der Waals surface area contributed by atoms with Gasteiger partial charge in [0.05, 0.1) is 5.52 Å². The Kier molecular flexibility index (Phi) is 3.74. The van der Waals surface area contributed by atoms with E-state index in [1.165, 1.54) is 17.7 Å². The SMILES string of the molecule is Cc1ccc2oc(C3CCN(c4nc5nncn5c5ccc(F)cc45)CC3)nc2c1. The predicted molar refractivity (Wildman–Crippen MR) is 111 cm³/mol. The maximum Gasteiger partial charge on any atom is 0.257 e. The van der Waals surface area contributed by atoms with Crippen LogP contribution in [-0.4, -0.2) is 37.7 Å². The normalized spacial score (nSPS) is 15.6. The van der Waals surface area contributed by atoms with Gasteiger partial charge >= 0.3 is 0 Å². The average Bonchev–Trinajstić information content (AvgIpc) is 3.39. The zero-order valence-electron chi connectivity index (χ0n) is 16.4. The van der Waals surface area contributed by atoms with Crippen molar-refractivity contribution in [2.75, 3.05) is 18.0 Å². The van der Waals surface area contributed by atoms with Crippen LogP contribution in [0.3, 0.4) is 0 Å². The number of piperidine rings is 1. The lowest BCUT2D eigenvalue weighted by Gasteiger charge is -2.32. The highest BCUT2D eigenvalue weighted by Gasteiger charge is 2.27. The van der Waals surface area contributed by atoms with E-state index in [1.54, 1.807) is 16.8 Å². The van der Waals surface area contributed by atoms with Crippen LogP contribution < -0.4 is 4.90 Å². The van der Waals surface area contributed by atoms with E-state index >= 15 is 0 Å². The molecule has 5 aromatic rings. The number of nitrogens with zero attached hydrogens (tertiary/aromatic N) is 6. The highest BCUT2D eigenvalue weighted by Crippen LogP contribution is 2.34. The second kappa shape index (κ2) is 6.48. The highest BCUT2D eigenvalue weighted by molar-refractivity contribution is 5.91. The van der Waals surface area contributed by atoms with Gasteiger partial charge in [-0.25, -0.2) is 9.37 Å². The molecule has 0 unspecified atom stereocenters. The molecule has 2 aromatic carbocycles. The Balaban J connectivity index is 1.32. The van der Waals surface area contributed by atoms with Crippen molar-refractivity contribution in [1.29, 1.82) is 0 Å². The molecule has 1 aliphatic heterocycles. The summed E-state index contributed by atoms with van der Waals surface area (Å²) in [6.45, 7) is 3.62. The van der Waals surface area contributed by atoms with Crippen LogP contribution in [0.2, 0.25) is 0 Å². The molecule has 0 N–H and O–H groups in total. The van der Waals surface area contributed by atoms with Crippen molar-refractivity contribution >= 4 is 33.6 Å². The molecule has 1 saturated heterocycles. The first-order valence-electron chi connectivity index (χ1n) is 10.1. The van der Waals surface area contributed by atoms with Gasteiger partial charge in [0.15, 0.2) is 11.5 Å². The summed E-state index contributed by atoms with van der Waals surface area (Å²) in [5, 5.41) is 8.82. The second-order valence-corrected chi connectivity index (χ2v) is 7.88. The largest absolute Gasteiger partial charge is 0.440 e. The number of aryl methyl sites for hydroxylation is 1. The number of halogens is 1. The molecule has 7 nitrogen and oxygen atoms in total. The van der Waals surface area contributed by atoms with E-state index in [2.05, 4.69) is 33.1 Å². The first kappa shape index (κ1) is 17.3. The molecular formula is C22H19FN6O. The van der Waals surface area contributed by atoms with E-state index in [0.29, 0.717) is 5.78 Å². The van der Waals surface area contributed by atoms with E-state index in [-0.39, 0.29) is 11.7 Å². The van der Waals surface area contributed by atoms with Crippen molar-refractivity contribution in [2.45, 2.75) is 25.7 Å². The Labute approximate surface area is 171 Å². The van der Waals surface area contributed by atoms with Crippen molar-refractivity contribution in [1.82, 2.24) is 24.6 Å². The van der Waals surface area contributed by atoms with Crippen LogP contribution in [-0.2, 0) is 0 Å². The lowest BCUT2D eigenvalue weighted by Crippen LogP contribution is -2.34. The minimum absolute atomic E-state index is 0.258. The lowest BCUT2D eigenvalue weighted by atomic mass is 9.96. The fourth-order valence-electron chi connectivity index (χ4n) is 4.34. The molecule has 150 valence electrons. The molecule has 30 heavy (non-hydrogen) atoms. The fraction of sp³-hybridized carbons (Fsp3) is 0.273. The molecule has 0 saturated carbocycles. The van der Waals surface area contributed by atoms with E-state index < -0.39 is 0 Å². The average molecular weight is 402 g/mol. The number of aromatic nitrogens is 5. The maximum atomic E-state index is 14.0. The maximum absolute atomic E-state index is 14.0. The van der Waals surface area contributed by atoms with Crippen LogP contribution >= 0.6 is 0 Å². The van der Waals surface area contributed by atoms with Crippen molar-refractivity contribution < 1.29 is 8.81 Å². The smallest absolute Gasteiger partial charge is 0.257 e. The summed E-state index contributed by atoms with van der Waals surface area (Å²) in [4.78, 5) is 11.6. The van der Waals surface area contributed by atoms with Gasteiger partial charge < -0.3 is 9.32 Å². The van der Waals surface area contributed by atoms with E-state index in [4.69, 9.17) is 9.40 Å². The Hall–Kier alpha value is -3.55. The molecule has 0 bridgehead atoms. The molecule has 1 fully saturated rings. The first-order chi connectivity index (χ1) is 14.7. The van der Waals surface area contributed by atoms with Gasteiger partial charge in [0.2, 0.25) is 0 Å². The van der Waals surface area contributed by atoms with Crippen LogP contribution in [0, 0.1) is 12.7 Å². The van der Waals surface area contributed by atoms with Crippen molar-refractivity contribution in [3.63, 3.8) is 0 Å². The van der Waals surface area contributed by atoms with Crippen molar-refractivity contribution in [2.24, 2.45) is 0 Å². The van der Waals surface area contributed by atoms with Crippen LogP contribution in [0.15, 0.2) is 47.1 Å². The van der Waals surface area contributed by atoms with Gasteiger partial charge in [-0.2, -0.15) is 4.98 Å². The van der Waals surface area contributed by atoms with Crippen molar-refractivity contribution in [3.05, 3.63) is 60.0 Å². The number of fused-ring (bicyclic) bond motifs is 4. The molecule has 0 amide bonds. The quantitative estimate of drug-likeness (QED) is 0.440. The summed E-state index contributed by atoms with van der Waals surface area (Å²) in [6, 6.07) is 10.8. The number of hydrogen-bond acceptors (Lipinski definition) is 6. The summed E-state index contributed by atoms with van der Waals surface area (Å²) in [6.07, 6.45) is 3.39. The van der Waals surface area contributed by atoms with Crippen LogP contribution in [0.5, 0.6) is 0 Å². The first-order valence-corrected chi connectivity index (χ1v) is 10.1. The zero-order chi connectivity index (χ0) is 20.2. The number of rotatable bonds is 2. The summed E-state index contributed by atoms with van der Waals surface area (Å²) in [7, 11) is 0. The standard InChI is InChI=1S/C22H19FN6O/c1-13-2-5-19-17(10-13)25-21(30-19)14-6-8-28(9-7-14)20-16-11-15(23)3-4-18(16)29-12-24-27-22(29)26-20/h2-5,10-12,14H,6-9H2,1H3. The van der Waals surface area contributed by atoms with Gasteiger partial charge in [-0.05, 0) is 55.7 Å². The fourth-order valence-corrected chi connectivity index (χ4v) is 4.34. The molecule has 6 rings (SSSR count). The number of anilines is 1. The molecule has 8 heteroatoms. The summed E-state index contributed by atoms with van der Waals surface area (Å²) in [5.74, 6) is 2.03. The highest BCUT2D eigenvalue weighted by atomic mass is 19.1. The van der Waals surface area contributed by atoms with Gasteiger partial charge in [-0.1, -0.05) is 6.07 Å². The molecular weight excluding hydrogens is 383 g/mol. The van der Waals surface area contributed by atoms with E-state index in [1.807, 2.05) is 12.1 Å². The second-order valence-electron chi connectivity index (χ2n) is 7.88.